The summed E-state index contributed by atoms with van der Waals surface area (Å²) in [5.41, 5.74) is 6.16. The van der Waals surface area contributed by atoms with Crippen LogP contribution >= 0.6 is 0 Å². The fraction of sp³-hybridized carbons (Fsp3) is 0.455. The molecule has 6 nitrogen and oxygen atoms in total. The summed E-state index contributed by atoms with van der Waals surface area (Å²) >= 11 is 0. The fourth-order valence-corrected chi connectivity index (χ4v) is 1.57. The predicted molar refractivity (Wildman–Crippen MR) is 59.8 cm³/mol. The zero-order valence-corrected chi connectivity index (χ0v) is 9.51. The number of esters is 1. The standard InChI is InChI=1S/C11H14N2O4/c1-15-11(14)8-4-10(13-5-9(8)12)17-7-2-3-16-6-7/h4-5,7H,2-3,6,12H2,1H3. The van der Waals surface area contributed by atoms with Gasteiger partial charge in [0.25, 0.3) is 0 Å². The van der Waals surface area contributed by atoms with E-state index in [0.29, 0.717) is 19.1 Å². The quantitative estimate of drug-likeness (QED) is 0.777. The molecule has 0 aliphatic carbocycles. The van der Waals surface area contributed by atoms with Gasteiger partial charge in [0, 0.05) is 12.5 Å². The molecule has 0 aromatic carbocycles. The molecule has 0 bridgehead atoms. The van der Waals surface area contributed by atoms with Crippen molar-refractivity contribution in [2.45, 2.75) is 12.5 Å². The number of carbonyl (C=O) groups excluding carboxylic acids is 1. The smallest absolute Gasteiger partial charge is 0.340 e. The Morgan fingerprint density at radius 1 is 1.65 bits per heavy atom. The van der Waals surface area contributed by atoms with Gasteiger partial charge in [-0.25, -0.2) is 9.78 Å². The number of nitrogens with two attached hydrogens (primary N) is 1. The van der Waals surface area contributed by atoms with Gasteiger partial charge in [-0.2, -0.15) is 0 Å². The van der Waals surface area contributed by atoms with E-state index in [0.717, 1.165) is 6.42 Å². The normalized spacial score (nSPS) is 19.0. The van der Waals surface area contributed by atoms with Crippen LogP contribution in [0.1, 0.15) is 16.8 Å². The monoisotopic (exact) mass is 238 g/mol. The van der Waals surface area contributed by atoms with Crippen molar-refractivity contribution in [3.05, 3.63) is 17.8 Å². The predicted octanol–water partition coefficient (Wildman–Crippen LogP) is 0.618. The summed E-state index contributed by atoms with van der Waals surface area (Å²) in [5.74, 6) is -0.146. The van der Waals surface area contributed by atoms with Crippen LogP contribution in [0.2, 0.25) is 0 Å². The van der Waals surface area contributed by atoms with Gasteiger partial charge in [-0.1, -0.05) is 0 Å². The Labute approximate surface area is 98.7 Å². The van der Waals surface area contributed by atoms with Crippen LogP contribution in [0.3, 0.4) is 0 Å². The maximum Gasteiger partial charge on any atom is 0.340 e. The van der Waals surface area contributed by atoms with Gasteiger partial charge >= 0.3 is 5.97 Å². The zero-order chi connectivity index (χ0) is 12.3. The molecule has 1 atom stereocenters. The number of rotatable bonds is 3. The summed E-state index contributed by atoms with van der Waals surface area (Å²) in [6, 6.07) is 1.49. The Kier molecular flexibility index (Phi) is 3.43. The van der Waals surface area contributed by atoms with Crippen molar-refractivity contribution in [3.63, 3.8) is 0 Å². The van der Waals surface area contributed by atoms with Crippen molar-refractivity contribution in [1.29, 1.82) is 0 Å². The van der Waals surface area contributed by atoms with Crippen LogP contribution in [0, 0.1) is 0 Å². The number of hydrogen-bond acceptors (Lipinski definition) is 6. The lowest BCUT2D eigenvalue weighted by molar-refractivity contribution is 0.0600. The van der Waals surface area contributed by atoms with Gasteiger partial charge in [-0.05, 0) is 0 Å². The molecular weight excluding hydrogens is 224 g/mol. The fourth-order valence-electron chi connectivity index (χ4n) is 1.57. The molecule has 1 aromatic heterocycles. The van der Waals surface area contributed by atoms with Crippen molar-refractivity contribution in [1.82, 2.24) is 4.98 Å². The summed E-state index contributed by atoms with van der Waals surface area (Å²) in [5, 5.41) is 0. The molecule has 0 amide bonds. The molecular formula is C11H14N2O4. The molecule has 0 saturated carbocycles. The Balaban J connectivity index is 2.15. The van der Waals surface area contributed by atoms with Gasteiger partial charge in [0.2, 0.25) is 5.88 Å². The van der Waals surface area contributed by atoms with E-state index in [1.54, 1.807) is 0 Å². The number of hydrogen-bond donors (Lipinski definition) is 1. The summed E-state index contributed by atoms with van der Waals surface area (Å²) in [7, 11) is 1.30. The van der Waals surface area contributed by atoms with Crippen LogP contribution in [0.5, 0.6) is 5.88 Å². The molecule has 1 aromatic rings. The van der Waals surface area contributed by atoms with E-state index >= 15 is 0 Å². The molecule has 92 valence electrons. The molecule has 0 spiro atoms. The number of nitrogens with zero attached hydrogens (tertiary/aromatic N) is 1. The third-order valence-electron chi connectivity index (χ3n) is 2.49. The summed E-state index contributed by atoms with van der Waals surface area (Å²) in [6.07, 6.45) is 2.19. The van der Waals surface area contributed by atoms with Gasteiger partial charge in [0.05, 0.1) is 37.8 Å². The van der Waals surface area contributed by atoms with E-state index in [1.165, 1.54) is 19.4 Å². The zero-order valence-electron chi connectivity index (χ0n) is 9.51. The average Bonchev–Trinajstić information content (AvgIpc) is 2.83. The van der Waals surface area contributed by atoms with E-state index in [2.05, 4.69) is 9.72 Å². The third kappa shape index (κ3) is 2.65. The highest BCUT2D eigenvalue weighted by Crippen LogP contribution is 2.20. The molecule has 1 aliphatic rings. The molecule has 6 heteroatoms. The van der Waals surface area contributed by atoms with Crippen LogP contribution in [0.15, 0.2) is 12.3 Å². The lowest BCUT2D eigenvalue weighted by Gasteiger charge is -2.12. The average molecular weight is 238 g/mol. The number of pyridine rings is 1. The van der Waals surface area contributed by atoms with Gasteiger partial charge in [0.1, 0.15) is 6.10 Å². The van der Waals surface area contributed by atoms with E-state index in [-0.39, 0.29) is 17.4 Å². The minimum atomic E-state index is -0.502. The second-order valence-electron chi connectivity index (χ2n) is 3.70. The number of aromatic nitrogens is 1. The first kappa shape index (κ1) is 11.7. The lowest BCUT2D eigenvalue weighted by Crippen LogP contribution is -2.17. The lowest BCUT2D eigenvalue weighted by atomic mass is 10.2. The summed E-state index contributed by atoms with van der Waals surface area (Å²) < 4.78 is 15.4. The van der Waals surface area contributed by atoms with Crippen molar-refractivity contribution in [3.8, 4) is 5.88 Å². The van der Waals surface area contributed by atoms with Crippen molar-refractivity contribution < 1.29 is 19.0 Å². The molecule has 1 unspecified atom stereocenters. The number of ether oxygens (including phenoxy) is 3. The molecule has 0 radical (unpaired) electrons. The highest BCUT2D eigenvalue weighted by molar-refractivity contribution is 5.95. The topological polar surface area (TPSA) is 83.7 Å². The molecule has 2 N–H and O–H groups in total. The number of carbonyl (C=O) groups is 1. The van der Waals surface area contributed by atoms with Crippen LogP contribution in [-0.4, -0.2) is 37.4 Å². The summed E-state index contributed by atoms with van der Waals surface area (Å²) in [6.45, 7) is 1.23. The van der Waals surface area contributed by atoms with Gasteiger partial charge in [-0.15, -0.1) is 0 Å². The maximum absolute atomic E-state index is 11.4. The Morgan fingerprint density at radius 2 is 2.47 bits per heavy atom. The maximum atomic E-state index is 11.4. The second kappa shape index (κ2) is 5.01. The van der Waals surface area contributed by atoms with Crippen molar-refractivity contribution in [2.24, 2.45) is 0 Å². The summed E-state index contributed by atoms with van der Waals surface area (Å²) in [4.78, 5) is 15.4. The molecule has 2 rings (SSSR count). The van der Waals surface area contributed by atoms with Crippen LogP contribution in [0.4, 0.5) is 5.69 Å². The molecule has 1 fully saturated rings. The number of methoxy groups -OCH3 is 1. The largest absolute Gasteiger partial charge is 0.472 e. The van der Waals surface area contributed by atoms with E-state index < -0.39 is 5.97 Å². The number of nitrogen functional groups attached to an aromatic ring is 1. The van der Waals surface area contributed by atoms with Crippen LogP contribution in [0.25, 0.3) is 0 Å². The van der Waals surface area contributed by atoms with Crippen molar-refractivity contribution in [2.75, 3.05) is 26.1 Å². The molecule has 1 saturated heterocycles. The van der Waals surface area contributed by atoms with Gasteiger partial charge < -0.3 is 19.9 Å². The minimum Gasteiger partial charge on any atom is -0.472 e. The molecule has 2 heterocycles. The van der Waals surface area contributed by atoms with Crippen LogP contribution in [-0.2, 0) is 9.47 Å². The first-order valence-electron chi connectivity index (χ1n) is 5.29. The first-order chi connectivity index (χ1) is 8.20. The molecule has 1 aliphatic heterocycles. The third-order valence-corrected chi connectivity index (χ3v) is 2.49. The van der Waals surface area contributed by atoms with Gasteiger partial charge in [-0.3, -0.25) is 0 Å². The molecule has 17 heavy (non-hydrogen) atoms. The highest BCUT2D eigenvalue weighted by atomic mass is 16.5. The Morgan fingerprint density at radius 3 is 3.12 bits per heavy atom. The minimum absolute atomic E-state index is 0.0170. The van der Waals surface area contributed by atoms with Gasteiger partial charge in [0.15, 0.2) is 0 Å². The Bertz CT molecular complexity index is 416. The van der Waals surface area contributed by atoms with E-state index in [4.69, 9.17) is 15.2 Å². The van der Waals surface area contributed by atoms with E-state index in [1.807, 2.05) is 0 Å². The van der Waals surface area contributed by atoms with E-state index in [9.17, 15) is 4.79 Å². The SMILES string of the molecule is COC(=O)c1cc(OC2CCOC2)ncc1N. The van der Waals surface area contributed by atoms with Crippen LogP contribution < -0.4 is 10.5 Å². The highest BCUT2D eigenvalue weighted by Gasteiger charge is 2.19. The number of anilines is 1. The Hall–Kier alpha value is -1.82. The second-order valence-corrected chi connectivity index (χ2v) is 3.70. The first-order valence-corrected chi connectivity index (χ1v) is 5.29. The van der Waals surface area contributed by atoms with Crippen molar-refractivity contribution >= 4 is 11.7 Å².